The van der Waals surface area contributed by atoms with Crippen LogP contribution in [0.3, 0.4) is 0 Å². The van der Waals surface area contributed by atoms with Crippen molar-refractivity contribution in [3.05, 3.63) is 53.1 Å². The molecule has 0 aliphatic heterocycles. The minimum absolute atomic E-state index is 0.0767. The fourth-order valence-electron chi connectivity index (χ4n) is 3.32. The fraction of sp³-hybridized carbons (Fsp3) is 0.235. The monoisotopic (exact) mass is 337 g/mol. The Morgan fingerprint density at radius 1 is 1.21 bits per heavy atom. The summed E-state index contributed by atoms with van der Waals surface area (Å²) in [7, 11) is 0. The Balaban J connectivity index is 1.34. The minimum Gasteiger partial charge on any atom is -0.359 e. The summed E-state index contributed by atoms with van der Waals surface area (Å²) in [5.41, 5.74) is 2.49. The number of nitrogens with one attached hydrogen (secondary N) is 2. The Labute approximate surface area is 141 Å². The molecule has 0 atom stereocenters. The first-order chi connectivity index (χ1) is 11.8. The number of aromatic amines is 1. The van der Waals surface area contributed by atoms with Crippen molar-refractivity contribution < 1.29 is 0 Å². The van der Waals surface area contributed by atoms with Crippen LogP contribution in [0.15, 0.2) is 47.4 Å². The summed E-state index contributed by atoms with van der Waals surface area (Å²) in [5, 5.41) is 4.44. The third kappa shape index (κ3) is 2.12. The normalized spacial score (nSPS) is 20.3. The number of fused-ring (bicyclic) bond motifs is 2. The molecule has 1 saturated carbocycles. The van der Waals surface area contributed by atoms with Crippen molar-refractivity contribution in [1.29, 1.82) is 0 Å². The van der Waals surface area contributed by atoms with Crippen LogP contribution < -0.4 is 11.0 Å². The third-order valence-corrected chi connectivity index (χ3v) is 5.54. The number of H-pyrrole nitrogens is 1. The molecule has 4 aromatic rings. The van der Waals surface area contributed by atoms with E-state index in [2.05, 4.69) is 26.3 Å². The van der Waals surface area contributed by atoms with Crippen LogP contribution in [0.1, 0.15) is 18.9 Å². The minimum atomic E-state index is -0.0767. The van der Waals surface area contributed by atoms with Crippen molar-refractivity contribution in [2.24, 2.45) is 0 Å². The number of thiazole rings is 1. The molecule has 7 heteroatoms. The number of pyridine rings is 1. The average molecular weight is 337 g/mol. The maximum Gasteiger partial charge on any atom is 0.327 e. The zero-order valence-electron chi connectivity index (χ0n) is 12.8. The predicted molar refractivity (Wildman–Crippen MR) is 95.7 cm³/mol. The maximum atomic E-state index is 12.2. The second-order valence-electron chi connectivity index (χ2n) is 6.13. The van der Waals surface area contributed by atoms with Crippen LogP contribution in [0.2, 0.25) is 0 Å². The van der Waals surface area contributed by atoms with E-state index in [0.717, 1.165) is 34.7 Å². The molecule has 0 spiro atoms. The van der Waals surface area contributed by atoms with Gasteiger partial charge in [0.15, 0.2) is 10.8 Å². The van der Waals surface area contributed by atoms with Gasteiger partial charge in [0.05, 0.1) is 15.7 Å². The summed E-state index contributed by atoms with van der Waals surface area (Å²) >= 11 is 1.67. The zero-order valence-corrected chi connectivity index (χ0v) is 13.6. The van der Waals surface area contributed by atoms with Crippen LogP contribution in [0, 0.1) is 0 Å². The molecule has 0 saturated heterocycles. The highest BCUT2D eigenvalue weighted by Gasteiger charge is 2.33. The quantitative estimate of drug-likeness (QED) is 0.602. The van der Waals surface area contributed by atoms with E-state index < -0.39 is 0 Å². The highest BCUT2D eigenvalue weighted by atomic mass is 32.1. The molecule has 5 rings (SSSR count). The molecule has 1 aromatic carbocycles. The van der Waals surface area contributed by atoms with Gasteiger partial charge < -0.3 is 10.3 Å². The van der Waals surface area contributed by atoms with Gasteiger partial charge in [-0.25, -0.2) is 14.8 Å². The lowest BCUT2D eigenvalue weighted by atomic mass is 9.86. The summed E-state index contributed by atoms with van der Waals surface area (Å²) < 4.78 is 2.97. The number of imidazole rings is 1. The predicted octanol–water partition coefficient (Wildman–Crippen LogP) is 3.15. The van der Waals surface area contributed by atoms with Crippen molar-refractivity contribution >= 4 is 37.8 Å². The smallest absolute Gasteiger partial charge is 0.327 e. The molecule has 3 aromatic heterocycles. The van der Waals surface area contributed by atoms with Gasteiger partial charge in [0, 0.05) is 18.3 Å². The lowest BCUT2D eigenvalue weighted by molar-refractivity contribution is 0.282. The van der Waals surface area contributed by atoms with Gasteiger partial charge in [-0.1, -0.05) is 23.5 Å². The Bertz CT molecular complexity index is 1060. The van der Waals surface area contributed by atoms with E-state index in [4.69, 9.17) is 0 Å². The van der Waals surface area contributed by atoms with Crippen molar-refractivity contribution in [3.63, 3.8) is 0 Å². The SMILES string of the molecule is O=c1[nH]c2cccnc2n1C1CC(Nc2nc3ccccc3s2)C1. The van der Waals surface area contributed by atoms with Gasteiger partial charge in [0.2, 0.25) is 0 Å². The first-order valence-corrected chi connectivity index (χ1v) is 8.77. The second-order valence-corrected chi connectivity index (χ2v) is 7.16. The van der Waals surface area contributed by atoms with E-state index in [0.29, 0.717) is 6.04 Å². The van der Waals surface area contributed by atoms with E-state index >= 15 is 0 Å². The molecule has 1 fully saturated rings. The number of benzene rings is 1. The zero-order chi connectivity index (χ0) is 16.1. The van der Waals surface area contributed by atoms with E-state index in [1.807, 2.05) is 30.3 Å². The summed E-state index contributed by atoms with van der Waals surface area (Å²) in [4.78, 5) is 24.0. The van der Waals surface area contributed by atoms with E-state index in [9.17, 15) is 4.79 Å². The number of rotatable bonds is 3. The van der Waals surface area contributed by atoms with Crippen LogP contribution in [-0.4, -0.2) is 25.6 Å². The molecule has 24 heavy (non-hydrogen) atoms. The van der Waals surface area contributed by atoms with E-state index in [1.54, 1.807) is 22.1 Å². The van der Waals surface area contributed by atoms with E-state index in [1.165, 1.54) is 4.70 Å². The Morgan fingerprint density at radius 2 is 2.08 bits per heavy atom. The van der Waals surface area contributed by atoms with Crippen molar-refractivity contribution in [2.75, 3.05) is 5.32 Å². The van der Waals surface area contributed by atoms with Crippen LogP contribution in [0.25, 0.3) is 21.4 Å². The summed E-state index contributed by atoms with van der Waals surface area (Å²) in [6, 6.07) is 12.4. The molecule has 0 radical (unpaired) electrons. The Hall–Kier alpha value is -2.67. The van der Waals surface area contributed by atoms with Gasteiger partial charge in [-0.15, -0.1) is 0 Å². The second kappa shape index (κ2) is 5.17. The lowest BCUT2D eigenvalue weighted by Crippen LogP contribution is -2.40. The summed E-state index contributed by atoms with van der Waals surface area (Å²) in [6.45, 7) is 0. The van der Waals surface area contributed by atoms with Crippen molar-refractivity contribution in [3.8, 4) is 0 Å². The van der Waals surface area contributed by atoms with Crippen LogP contribution in [0.5, 0.6) is 0 Å². The molecule has 0 amide bonds. The van der Waals surface area contributed by atoms with Gasteiger partial charge in [0.1, 0.15) is 0 Å². The van der Waals surface area contributed by atoms with Crippen molar-refractivity contribution in [1.82, 2.24) is 19.5 Å². The summed E-state index contributed by atoms with van der Waals surface area (Å²) in [5.74, 6) is 0. The molecular weight excluding hydrogens is 322 g/mol. The molecule has 1 aliphatic rings. The van der Waals surface area contributed by atoms with Gasteiger partial charge in [-0.2, -0.15) is 0 Å². The topological polar surface area (TPSA) is 75.6 Å². The molecule has 6 nitrogen and oxygen atoms in total. The number of aromatic nitrogens is 4. The molecule has 3 heterocycles. The number of nitrogens with zero attached hydrogens (tertiary/aromatic N) is 3. The van der Waals surface area contributed by atoms with Crippen LogP contribution >= 0.6 is 11.3 Å². The first kappa shape index (κ1) is 13.7. The van der Waals surface area contributed by atoms with Gasteiger partial charge in [-0.05, 0) is 37.1 Å². The van der Waals surface area contributed by atoms with Crippen LogP contribution in [-0.2, 0) is 0 Å². The fourth-order valence-corrected chi connectivity index (χ4v) is 4.26. The highest BCUT2D eigenvalue weighted by Crippen LogP contribution is 2.36. The highest BCUT2D eigenvalue weighted by molar-refractivity contribution is 7.22. The van der Waals surface area contributed by atoms with Gasteiger partial charge in [0.25, 0.3) is 0 Å². The standard InChI is InChI=1S/C17H15N5OS/c23-17-21-13-5-3-7-18-15(13)22(17)11-8-10(9-11)19-16-20-12-4-1-2-6-14(12)24-16/h1-7,10-11H,8-9H2,(H,19,20)(H,21,23). The molecule has 0 bridgehead atoms. The molecular formula is C17H15N5OS. The van der Waals surface area contributed by atoms with E-state index in [-0.39, 0.29) is 11.7 Å². The first-order valence-electron chi connectivity index (χ1n) is 7.95. The number of hydrogen-bond acceptors (Lipinski definition) is 5. The lowest BCUT2D eigenvalue weighted by Gasteiger charge is -2.36. The molecule has 120 valence electrons. The molecule has 2 N–H and O–H groups in total. The third-order valence-electron chi connectivity index (χ3n) is 4.58. The van der Waals surface area contributed by atoms with Crippen molar-refractivity contribution in [2.45, 2.75) is 24.9 Å². The Kier molecular flexibility index (Phi) is 2.96. The summed E-state index contributed by atoms with van der Waals surface area (Å²) in [6.07, 6.45) is 3.53. The number of para-hydroxylation sites is 1. The van der Waals surface area contributed by atoms with Gasteiger partial charge in [-0.3, -0.25) is 4.57 Å². The van der Waals surface area contributed by atoms with Gasteiger partial charge >= 0.3 is 5.69 Å². The maximum absolute atomic E-state index is 12.2. The molecule has 1 aliphatic carbocycles. The molecule has 0 unspecified atom stereocenters. The largest absolute Gasteiger partial charge is 0.359 e. The number of anilines is 1. The Morgan fingerprint density at radius 3 is 2.96 bits per heavy atom. The average Bonchev–Trinajstić information content (AvgIpc) is 3.10. The number of hydrogen-bond donors (Lipinski definition) is 2. The van der Waals surface area contributed by atoms with Crippen LogP contribution in [0.4, 0.5) is 5.13 Å².